The van der Waals surface area contributed by atoms with E-state index in [0.29, 0.717) is 37.5 Å². The molecule has 2 fully saturated rings. The summed E-state index contributed by atoms with van der Waals surface area (Å²) in [7, 11) is -2.62. The van der Waals surface area contributed by atoms with Gasteiger partial charge in [-0.05, 0) is 49.6 Å². The average Bonchev–Trinajstić information content (AvgIpc) is 3.36. The number of amides is 1. The number of hydrogen-bond acceptors (Lipinski definition) is 8. The maximum absolute atomic E-state index is 13.7. The number of pyridine rings is 1. The Balaban J connectivity index is 1.47. The Morgan fingerprint density at radius 3 is 2.71 bits per heavy atom. The molecule has 2 aliphatic rings. The van der Waals surface area contributed by atoms with Crippen molar-refractivity contribution in [2.45, 2.75) is 75.4 Å². The van der Waals surface area contributed by atoms with Gasteiger partial charge in [0.1, 0.15) is 18.9 Å². The van der Waals surface area contributed by atoms with Crippen molar-refractivity contribution in [3.63, 3.8) is 0 Å². The Labute approximate surface area is 246 Å². The van der Waals surface area contributed by atoms with Gasteiger partial charge in [0.15, 0.2) is 5.78 Å². The number of hydrogen-bond donors (Lipinski definition) is 2. The first-order chi connectivity index (χ1) is 19.7. The number of aromatic nitrogens is 1. The van der Waals surface area contributed by atoms with Crippen LogP contribution >= 0.6 is 11.3 Å². The van der Waals surface area contributed by atoms with E-state index in [4.69, 9.17) is 9.57 Å². The van der Waals surface area contributed by atoms with E-state index in [1.54, 1.807) is 12.1 Å². The first-order valence-electron chi connectivity index (χ1n) is 14.3. The third kappa shape index (κ3) is 7.66. The molecule has 2 N–H and O–H groups in total. The molecule has 1 aliphatic carbocycles. The van der Waals surface area contributed by atoms with Crippen LogP contribution in [0.1, 0.15) is 63.2 Å². The summed E-state index contributed by atoms with van der Waals surface area (Å²) in [5.74, 6) is 0.506. The van der Waals surface area contributed by atoms with Gasteiger partial charge in [-0.1, -0.05) is 38.7 Å². The monoisotopic (exact) mass is 605 g/mol. The van der Waals surface area contributed by atoms with Crippen molar-refractivity contribution in [3.8, 4) is 5.75 Å². The first-order valence-corrected chi connectivity index (χ1v) is 16.6. The molecule has 1 aliphatic heterocycles. The molecule has 1 saturated heterocycles. The van der Waals surface area contributed by atoms with Crippen molar-refractivity contribution in [1.29, 1.82) is 0 Å². The lowest BCUT2D eigenvalue weighted by atomic mass is 9.84. The van der Waals surface area contributed by atoms with E-state index in [2.05, 4.69) is 17.2 Å². The van der Waals surface area contributed by atoms with Crippen molar-refractivity contribution in [3.05, 3.63) is 47.3 Å². The second-order valence-corrected chi connectivity index (χ2v) is 13.3. The van der Waals surface area contributed by atoms with Gasteiger partial charge < -0.3 is 15.4 Å². The largest absolute Gasteiger partial charge is 0.492 e. The second kappa shape index (κ2) is 14.3. The van der Waals surface area contributed by atoms with Crippen LogP contribution < -0.4 is 24.9 Å². The van der Waals surface area contributed by atoms with E-state index in [9.17, 15) is 18.0 Å². The molecule has 12 heteroatoms. The van der Waals surface area contributed by atoms with Crippen LogP contribution in [0.3, 0.4) is 0 Å². The molecule has 1 saturated carbocycles. The van der Waals surface area contributed by atoms with E-state index < -0.39 is 22.1 Å². The highest BCUT2D eigenvalue weighted by molar-refractivity contribution is 7.89. The molecule has 2 aromatic rings. The maximum Gasteiger partial charge on any atom is 0.362 e. The van der Waals surface area contributed by atoms with Crippen molar-refractivity contribution >= 4 is 38.7 Å². The number of ether oxygens (including phenoxy) is 1. The minimum absolute atomic E-state index is 0.0620. The number of carbonyl (C=O) groups excluding carboxylic acids is 2. The Bertz CT molecular complexity index is 1320. The summed E-state index contributed by atoms with van der Waals surface area (Å²) in [6.45, 7) is 6.48. The third-order valence-electron chi connectivity index (χ3n) is 7.69. The fourth-order valence-electron chi connectivity index (χ4n) is 5.57. The zero-order chi connectivity index (χ0) is 29.4. The van der Waals surface area contributed by atoms with Gasteiger partial charge in [0.2, 0.25) is 12.1 Å². The van der Waals surface area contributed by atoms with Gasteiger partial charge in [-0.2, -0.15) is 4.31 Å². The Morgan fingerprint density at radius 2 is 1.98 bits per heavy atom. The summed E-state index contributed by atoms with van der Waals surface area (Å²) >= 11 is 1.49. The zero-order valence-corrected chi connectivity index (χ0v) is 25.5. The normalized spacial score (nSPS) is 19.7. The summed E-state index contributed by atoms with van der Waals surface area (Å²) in [6.07, 6.45) is 8.55. The molecule has 0 spiro atoms. The van der Waals surface area contributed by atoms with Crippen LogP contribution in [0.15, 0.2) is 47.4 Å². The van der Waals surface area contributed by atoms with Gasteiger partial charge in [-0.15, -0.1) is 11.3 Å². The van der Waals surface area contributed by atoms with Crippen LogP contribution in [-0.4, -0.2) is 63.3 Å². The number of nitrogens with zero attached hydrogens (tertiary/aromatic N) is 2. The van der Waals surface area contributed by atoms with E-state index in [1.807, 2.05) is 18.4 Å². The van der Waals surface area contributed by atoms with Crippen LogP contribution in [0.25, 0.3) is 5.70 Å². The predicted octanol–water partition coefficient (Wildman–Crippen LogP) is 2.93. The average molecular weight is 606 g/mol. The molecule has 2 atom stereocenters. The molecule has 0 aromatic carbocycles. The summed E-state index contributed by atoms with van der Waals surface area (Å²) in [5, 5.41) is 8.16. The molecule has 10 nitrogen and oxygen atoms in total. The lowest BCUT2D eigenvalue weighted by molar-refractivity contribution is -0.914. The summed E-state index contributed by atoms with van der Waals surface area (Å²) in [6, 6.07) is 5.23. The van der Waals surface area contributed by atoms with Crippen molar-refractivity contribution in [2.24, 2.45) is 5.92 Å². The van der Waals surface area contributed by atoms with E-state index in [0.717, 1.165) is 45.3 Å². The SMILES string of the molecule is C=C(N[C@@H](CC1CCCCC1)C(=O)NC1CCCN(S(=O)(=O)c2cccc[n+]2OC)CC1=O)c1sccc1OCC. The minimum Gasteiger partial charge on any atom is -0.492 e. The molecule has 1 unspecified atom stereocenters. The second-order valence-electron chi connectivity index (χ2n) is 10.5. The van der Waals surface area contributed by atoms with Gasteiger partial charge >= 0.3 is 15.0 Å². The summed E-state index contributed by atoms with van der Waals surface area (Å²) in [4.78, 5) is 33.0. The Kier molecular flexibility index (Phi) is 10.8. The van der Waals surface area contributed by atoms with Gasteiger partial charge in [0, 0.05) is 29.1 Å². The minimum atomic E-state index is -4.00. The number of nitrogens with one attached hydrogen (secondary N) is 2. The molecular weight excluding hydrogens is 564 g/mol. The lowest BCUT2D eigenvalue weighted by Crippen LogP contribution is -2.52. The number of carbonyl (C=O) groups is 2. The molecular formula is C29H41N4O6S2+. The smallest absolute Gasteiger partial charge is 0.362 e. The third-order valence-corrected chi connectivity index (χ3v) is 10.5. The Morgan fingerprint density at radius 1 is 1.20 bits per heavy atom. The lowest BCUT2D eigenvalue weighted by Gasteiger charge is -2.29. The molecule has 224 valence electrons. The highest BCUT2D eigenvalue weighted by Gasteiger charge is 2.39. The van der Waals surface area contributed by atoms with Gasteiger partial charge in [-0.25, -0.2) is 8.42 Å². The van der Waals surface area contributed by atoms with Gasteiger partial charge in [-0.3, -0.25) is 14.4 Å². The number of sulfonamides is 1. The molecule has 4 rings (SSSR count). The molecule has 0 radical (unpaired) electrons. The number of ketones is 1. The summed E-state index contributed by atoms with van der Waals surface area (Å²) < 4.78 is 34.8. The topological polar surface area (TPSA) is 118 Å². The molecule has 0 bridgehead atoms. The van der Waals surface area contributed by atoms with E-state index in [1.165, 1.54) is 37.1 Å². The standard InChI is InChI=1S/C29H40N4O6S2/c1-4-39-26-15-18-40-28(26)21(2)30-24(19-22-11-6-5-7-12-22)29(35)31-23-13-10-16-32(20-25(23)34)41(36,37)27-14-8-9-17-33(27)38-3/h8-9,14-15,17-18,22-24,30H,2,4-7,10-13,16,19-20H2,1,3H3/p+1/t23?,24-/m0/s1. The number of Topliss-reactive ketones (excluding diaryl/α,β-unsaturated/α-hetero) is 1. The van der Waals surface area contributed by atoms with Crippen LogP contribution in [0.5, 0.6) is 5.75 Å². The first kappa shape index (κ1) is 31.0. The zero-order valence-electron chi connectivity index (χ0n) is 23.8. The van der Waals surface area contributed by atoms with Crippen LogP contribution in [0.2, 0.25) is 0 Å². The van der Waals surface area contributed by atoms with Crippen molar-refractivity contribution in [2.75, 3.05) is 26.8 Å². The summed E-state index contributed by atoms with van der Waals surface area (Å²) in [5.41, 5.74) is 0.609. The predicted molar refractivity (Wildman–Crippen MR) is 157 cm³/mol. The van der Waals surface area contributed by atoms with E-state index >= 15 is 0 Å². The highest BCUT2D eigenvalue weighted by Crippen LogP contribution is 2.32. The van der Waals surface area contributed by atoms with Crippen molar-refractivity contribution in [1.82, 2.24) is 14.9 Å². The molecule has 2 aromatic heterocycles. The van der Waals surface area contributed by atoms with Crippen molar-refractivity contribution < 1.29 is 32.3 Å². The quantitative estimate of drug-likeness (QED) is 0.357. The molecule has 41 heavy (non-hydrogen) atoms. The highest BCUT2D eigenvalue weighted by atomic mass is 32.2. The number of thiophene rings is 1. The fraction of sp³-hybridized carbons (Fsp3) is 0.552. The van der Waals surface area contributed by atoms with Crippen LogP contribution in [-0.2, 0) is 19.6 Å². The maximum atomic E-state index is 13.7. The van der Waals surface area contributed by atoms with Crippen LogP contribution in [0.4, 0.5) is 0 Å². The van der Waals surface area contributed by atoms with Gasteiger partial charge in [0.05, 0.1) is 24.1 Å². The van der Waals surface area contributed by atoms with E-state index in [-0.39, 0.29) is 29.8 Å². The Hall–Kier alpha value is -2.96. The number of rotatable bonds is 12. The molecule has 3 heterocycles. The van der Waals surface area contributed by atoms with Crippen LogP contribution in [0, 0.1) is 5.92 Å². The van der Waals surface area contributed by atoms with Gasteiger partial charge in [0.25, 0.3) is 0 Å². The fourth-order valence-corrected chi connectivity index (χ4v) is 7.89. The molecule has 1 amide bonds.